The van der Waals surface area contributed by atoms with Crippen molar-refractivity contribution in [3.8, 4) is 0 Å². The molecule has 0 amide bonds. The Bertz CT molecular complexity index is 267. The first-order valence-electron chi connectivity index (χ1n) is 3.56. The fourth-order valence-electron chi connectivity index (χ4n) is 1.13. The van der Waals surface area contributed by atoms with Gasteiger partial charge in [0.2, 0.25) is 0 Å². The van der Waals surface area contributed by atoms with Gasteiger partial charge >= 0.3 is 0 Å². The van der Waals surface area contributed by atoms with Crippen molar-refractivity contribution in [3.05, 3.63) is 16.6 Å². The molecule has 4 heteroatoms. The van der Waals surface area contributed by atoms with Gasteiger partial charge in [-0.1, -0.05) is 0 Å². The molecule has 0 aliphatic carbocycles. The zero-order valence-electron chi connectivity index (χ0n) is 6.25. The molecule has 1 fully saturated rings. The second kappa shape index (κ2) is 2.60. The van der Waals surface area contributed by atoms with Crippen molar-refractivity contribution in [1.29, 1.82) is 0 Å². The Labute approximate surface area is 73.5 Å². The SMILES string of the molecule is Cc1cn(C2COC2)c(Br)n1. The maximum atomic E-state index is 5.08. The van der Waals surface area contributed by atoms with Crippen molar-refractivity contribution in [2.24, 2.45) is 0 Å². The summed E-state index contributed by atoms with van der Waals surface area (Å²) in [4.78, 5) is 4.24. The van der Waals surface area contributed by atoms with E-state index >= 15 is 0 Å². The molecule has 1 saturated heterocycles. The number of halogens is 1. The summed E-state index contributed by atoms with van der Waals surface area (Å²) >= 11 is 3.39. The molecule has 0 unspecified atom stereocenters. The van der Waals surface area contributed by atoms with Crippen molar-refractivity contribution in [2.45, 2.75) is 13.0 Å². The minimum Gasteiger partial charge on any atom is -0.377 e. The van der Waals surface area contributed by atoms with E-state index in [1.54, 1.807) is 0 Å². The van der Waals surface area contributed by atoms with E-state index in [1.165, 1.54) is 0 Å². The largest absolute Gasteiger partial charge is 0.377 e. The van der Waals surface area contributed by atoms with Crippen molar-refractivity contribution in [3.63, 3.8) is 0 Å². The molecule has 0 saturated carbocycles. The van der Waals surface area contributed by atoms with Gasteiger partial charge in [-0.15, -0.1) is 0 Å². The molecule has 0 atom stereocenters. The van der Waals surface area contributed by atoms with Crippen LogP contribution in [0.3, 0.4) is 0 Å². The molecule has 1 aromatic heterocycles. The summed E-state index contributed by atoms with van der Waals surface area (Å²) in [6.45, 7) is 3.61. The van der Waals surface area contributed by atoms with Crippen LogP contribution in [-0.2, 0) is 4.74 Å². The molecule has 0 bridgehead atoms. The normalized spacial score (nSPS) is 18.4. The van der Waals surface area contributed by atoms with Crippen molar-refractivity contribution < 1.29 is 4.74 Å². The fraction of sp³-hybridized carbons (Fsp3) is 0.571. The number of hydrogen-bond donors (Lipinski definition) is 0. The van der Waals surface area contributed by atoms with Gasteiger partial charge in [-0.05, 0) is 22.9 Å². The number of aromatic nitrogens is 2. The molecule has 0 radical (unpaired) electrons. The van der Waals surface area contributed by atoms with Gasteiger partial charge in [0.25, 0.3) is 0 Å². The fourth-order valence-corrected chi connectivity index (χ4v) is 1.80. The standard InChI is InChI=1S/C7H9BrN2O/c1-5-2-10(7(8)9-5)6-3-11-4-6/h2,6H,3-4H2,1H3. The Kier molecular flexibility index (Phi) is 1.73. The predicted molar refractivity (Wildman–Crippen MR) is 44.5 cm³/mol. The lowest BCUT2D eigenvalue weighted by atomic mass is 10.2. The topological polar surface area (TPSA) is 27.1 Å². The van der Waals surface area contributed by atoms with Gasteiger partial charge in [-0.3, -0.25) is 0 Å². The van der Waals surface area contributed by atoms with Crippen LogP contribution in [0, 0.1) is 6.92 Å². The third-order valence-electron chi connectivity index (χ3n) is 1.82. The maximum absolute atomic E-state index is 5.08. The van der Waals surface area contributed by atoms with Crippen molar-refractivity contribution in [2.75, 3.05) is 13.2 Å². The molecule has 2 heterocycles. The molecule has 1 aliphatic rings. The van der Waals surface area contributed by atoms with Crippen LogP contribution >= 0.6 is 15.9 Å². The van der Waals surface area contributed by atoms with Crippen molar-refractivity contribution >= 4 is 15.9 Å². The predicted octanol–water partition coefficient (Wildman–Crippen LogP) is 1.53. The summed E-state index contributed by atoms with van der Waals surface area (Å²) < 4.78 is 8.10. The van der Waals surface area contributed by atoms with Gasteiger partial charge in [0.05, 0.1) is 24.9 Å². The minimum absolute atomic E-state index is 0.491. The van der Waals surface area contributed by atoms with Crippen LogP contribution < -0.4 is 0 Å². The molecule has 1 aliphatic heterocycles. The summed E-state index contributed by atoms with van der Waals surface area (Å²) in [5.74, 6) is 0. The highest BCUT2D eigenvalue weighted by Gasteiger charge is 2.22. The van der Waals surface area contributed by atoms with E-state index in [0.717, 1.165) is 23.6 Å². The number of ether oxygens (including phenoxy) is 1. The van der Waals surface area contributed by atoms with Gasteiger partial charge < -0.3 is 9.30 Å². The van der Waals surface area contributed by atoms with E-state index in [4.69, 9.17) is 4.74 Å². The number of imidazole rings is 1. The number of hydrogen-bond acceptors (Lipinski definition) is 2. The molecule has 0 N–H and O–H groups in total. The molecule has 11 heavy (non-hydrogen) atoms. The van der Waals surface area contributed by atoms with Crippen LogP contribution in [-0.4, -0.2) is 22.8 Å². The molecule has 60 valence electrons. The molecule has 0 spiro atoms. The lowest BCUT2D eigenvalue weighted by Gasteiger charge is -2.27. The number of aryl methyl sites for hydroxylation is 1. The van der Waals surface area contributed by atoms with Gasteiger partial charge in [-0.25, -0.2) is 4.98 Å². The maximum Gasteiger partial charge on any atom is 0.177 e. The van der Waals surface area contributed by atoms with Crippen LogP contribution in [0.4, 0.5) is 0 Å². The smallest absolute Gasteiger partial charge is 0.177 e. The molecular weight excluding hydrogens is 208 g/mol. The van der Waals surface area contributed by atoms with Crippen LogP contribution in [0.25, 0.3) is 0 Å². The molecule has 1 aromatic rings. The average Bonchev–Trinajstić information content (AvgIpc) is 2.07. The van der Waals surface area contributed by atoms with Gasteiger partial charge in [0, 0.05) is 6.20 Å². The first kappa shape index (κ1) is 7.31. The van der Waals surface area contributed by atoms with Gasteiger partial charge in [-0.2, -0.15) is 0 Å². The first-order valence-corrected chi connectivity index (χ1v) is 4.35. The minimum atomic E-state index is 0.491. The molecule has 2 rings (SSSR count). The summed E-state index contributed by atoms with van der Waals surface area (Å²) in [5.41, 5.74) is 1.05. The van der Waals surface area contributed by atoms with E-state index in [2.05, 4.69) is 25.5 Å². The quantitative estimate of drug-likeness (QED) is 0.713. The average molecular weight is 217 g/mol. The van der Waals surface area contributed by atoms with Crippen LogP contribution in [0.1, 0.15) is 11.7 Å². The van der Waals surface area contributed by atoms with Gasteiger partial charge in [0.15, 0.2) is 4.73 Å². The lowest BCUT2D eigenvalue weighted by molar-refractivity contribution is -0.0243. The van der Waals surface area contributed by atoms with Gasteiger partial charge in [0.1, 0.15) is 0 Å². The molecule has 3 nitrogen and oxygen atoms in total. The second-order valence-corrected chi connectivity index (χ2v) is 3.46. The van der Waals surface area contributed by atoms with Crippen LogP contribution in [0.2, 0.25) is 0 Å². The molecule has 0 aromatic carbocycles. The highest BCUT2D eigenvalue weighted by Crippen LogP contribution is 2.22. The number of nitrogens with zero attached hydrogens (tertiary/aromatic N) is 2. The third kappa shape index (κ3) is 1.20. The zero-order valence-corrected chi connectivity index (χ0v) is 7.84. The Morgan fingerprint density at radius 1 is 1.73 bits per heavy atom. The second-order valence-electron chi connectivity index (χ2n) is 2.75. The third-order valence-corrected chi connectivity index (χ3v) is 2.41. The summed E-state index contributed by atoms with van der Waals surface area (Å²) in [6, 6.07) is 0.491. The Hall–Kier alpha value is -0.350. The Balaban J connectivity index is 2.28. The van der Waals surface area contributed by atoms with E-state index in [0.29, 0.717) is 6.04 Å². The monoisotopic (exact) mass is 216 g/mol. The highest BCUT2D eigenvalue weighted by atomic mass is 79.9. The summed E-state index contributed by atoms with van der Waals surface area (Å²) in [7, 11) is 0. The zero-order chi connectivity index (χ0) is 7.84. The summed E-state index contributed by atoms with van der Waals surface area (Å²) in [6.07, 6.45) is 2.04. The number of rotatable bonds is 1. The highest BCUT2D eigenvalue weighted by molar-refractivity contribution is 9.10. The summed E-state index contributed by atoms with van der Waals surface area (Å²) in [5, 5.41) is 0. The Morgan fingerprint density at radius 2 is 2.45 bits per heavy atom. The van der Waals surface area contributed by atoms with E-state index in [9.17, 15) is 0 Å². The van der Waals surface area contributed by atoms with E-state index < -0.39 is 0 Å². The van der Waals surface area contributed by atoms with Crippen LogP contribution in [0.5, 0.6) is 0 Å². The van der Waals surface area contributed by atoms with Crippen LogP contribution in [0.15, 0.2) is 10.9 Å². The Morgan fingerprint density at radius 3 is 2.82 bits per heavy atom. The first-order chi connectivity index (χ1) is 5.27. The van der Waals surface area contributed by atoms with E-state index in [1.807, 2.05) is 13.1 Å². The van der Waals surface area contributed by atoms with E-state index in [-0.39, 0.29) is 0 Å². The van der Waals surface area contributed by atoms with Crippen molar-refractivity contribution in [1.82, 2.24) is 9.55 Å². The lowest BCUT2D eigenvalue weighted by Crippen LogP contribution is -2.30. The molecular formula is C7H9BrN2O.